The molecule has 1 aromatic carbocycles. The summed E-state index contributed by atoms with van der Waals surface area (Å²) in [5.41, 5.74) is 1.47. The third-order valence-electron chi connectivity index (χ3n) is 4.77. The van der Waals surface area contributed by atoms with Gasteiger partial charge in [0.25, 0.3) is 0 Å². The molecule has 21 heavy (non-hydrogen) atoms. The summed E-state index contributed by atoms with van der Waals surface area (Å²) in [6.07, 6.45) is 7.66. The van der Waals surface area contributed by atoms with Crippen LogP contribution in [0.4, 0.5) is 0 Å². The van der Waals surface area contributed by atoms with E-state index >= 15 is 0 Å². The fraction of sp³-hybridized carbons (Fsp3) is 0.556. The molecule has 0 radical (unpaired) electrons. The smallest absolute Gasteiger partial charge is 0.0391 e. The second-order valence-electron chi connectivity index (χ2n) is 6.19. The third kappa shape index (κ3) is 3.30. The number of rotatable bonds is 4. The molecule has 1 fully saturated rings. The van der Waals surface area contributed by atoms with Crippen molar-refractivity contribution in [2.45, 2.75) is 56.9 Å². The highest BCUT2D eigenvalue weighted by Gasteiger charge is 2.23. The first-order chi connectivity index (χ1) is 10.2. The molecular formula is C18H25NS2. The SMILES string of the molecule is CSC1CCC(NC(C)c2sc3ccccc3c2C)CC1. The Bertz CT molecular complexity index is 596. The fourth-order valence-electron chi connectivity index (χ4n) is 3.50. The van der Waals surface area contributed by atoms with Gasteiger partial charge >= 0.3 is 0 Å². The number of thioether (sulfide) groups is 1. The lowest BCUT2D eigenvalue weighted by molar-refractivity contribution is 0.353. The van der Waals surface area contributed by atoms with Gasteiger partial charge in [0.2, 0.25) is 0 Å². The Kier molecular flexibility index (Phi) is 4.92. The number of benzene rings is 1. The summed E-state index contributed by atoms with van der Waals surface area (Å²) in [5, 5.41) is 6.20. The van der Waals surface area contributed by atoms with Gasteiger partial charge in [-0.15, -0.1) is 11.3 Å². The molecule has 1 aliphatic carbocycles. The van der Waals surface area contributed by atoms with E-state index in [1.54, 1.807) is 0 Å². The van der Waals surface area contributed by atoms with Crippen molar-refractivity contribution in [3.8, 4) is 0 Å². The third-order valence-corrected chi connectivity index (χ3v) is 7.36. The number of aryl methyl sites for hydroxylation is 1. The molecule has 0 amide bonds. The maximum absolute atomic E-state index is 3.88. The molecule has 3 rings (SSSR count). The molecule has 1 atom stereocenters. The number of thiophene rings is 1. The molecule has 1 saturated carbocycles. The van der Waals surface area contributed by atoms with Gasteiger partial charge in [0.05, 0.1) is 0 Å². The topological polar surface area (TPSA) is 12.0 Å². The van der Waals surface area contributed by atoms with Crippen LogP contribution in [0.3, 0.4) is 0 Å². The first-order valence-electron chi connectivity index (χ1n) is 7.96. The van der Waals surface area contributed by atoms with Crippen molar-refractivity contribution >= 4 is 33.2 Å². The van der Waals surface area contributed by atoms with Crippen LogP contribution in [0.2, 0.25) is 0 Å². The van der Waals surface area contributed by atoms with Gasteiger partial charge in [-0.1, -0.05) is 18.2 Å². The largest absolute Gasteiger partial charge is 0.307 e. The Balaban J connectivity index is 1.70. The van der Waals surface area contributed by atoms with Crippen molar-refractivity contribution in [3.63, 3.8) is 0 Å². The van der Waals surface area contributed by atoms with Gasteiger partial charge in [-0.25, -0.2) is 0 Å². The average molecular weight is 320 g/mol. The summed E-state index contributed by atoms with van der Waals surface area (Å²) >= 11 is 4.00. The summed E-state index contributed by atoms with van der Waals surface area (Å²) in [7, 11) is 0. The van der Waals surface area contributed by atoms with E-state index in [1.165, 1.54) is 46.2 Å². The molecule has 0 aliphatic heterocycles. The van der Waals surface area contributed by atoms with E-state index in [1.807, 2.05) is 23.1 Å². The van der Waals surface area contributed by atoms with E-state index in [4.69, 9.17) is 0 Å². The summed E-state index contributed by atoms with van der Waals surface area (Å²) in [4.78, 5) is 1.52. The number of fused-ring (bicyclic) bond motifs is 1. The first-order valence-corrected chi connectivity index (χ1v) is 10.1. The molecular weight excluding hydrogens is 294 g/mol. The van der Waals surface area contributed by atoms with Crippen LogP contribution >= 0.6 is 23.1 Å². The van der Waals surface area contributed by atoms with Gasteiger partial charge in [-0.2, -0.15) is 11.8 Å². The van der Waals surface area contributed by atoms with Crippen LogP contribution in [0.1, 0.15) is 49.1 Å². The minimum absolute atomic E-state index is 0.471. The number of hydrogen-bond acceptors (Lipinski definition) is 3. The van der Waals surface area contributed by atoms with Crippen molar-refractivity contribution in [3.05, 3.63) is 34.7 Å². The van der Waals surface area contributed by atoms with Crippen molar-refractivity contribution in [2.24, 2.45) is 0 Å². The lowest BCUT2D eigenvalue weighted by Gasteiger charge is -2.30. The zero-order valence-corrected chi connectivity index (χ0v) is 14.8. The molecule has 1 aliphatic rings. The Hall–Kier alpha value is -0.510. The molecule has 0 bridgehead atoms. The van der Waals surface area contributed by atoms with Crippen molar-refractivity contribution in [2.75, 3.05) is 6.26 Å². The molecule has 1 unspecified atom stereocenters. The molecule has 114 valence electrons. The van der Waals surface area contributed by atoms with Crippen LogP contribution < -0.4 is 5.32 Å². The Morgan fingerprint density at radius 3 is 2.57 bits per heavy atom. The van der Waals surface area contributed by atoms with Crippen LogP contribution in [-0.4, -0.2) is 17.5 Å². The van der Waals surface area contributed by atoms with Crippen molar-refractivity contribution in [1.29, 1.82) is 0 Å². The molecule has 1 nitrogen and oxygen atoms in total. The maximum atomic E-state index is 3.88. The number of hydrogen-bond donors (Lipinski definition) is 1. The minimum atomic E-state index is 0.471. The zero-order valence-electron chi connectivity index (χ0n) is 13.2. The summed E-state index contributed by atoms with van der Waals surface area (Å²) in [6, 6.07) is 9.96. The summed E-state index contributed by atoms with van der Waals surface area (Å²) < 4.78 is 1.42. The average Bonchev–Trinajstić information content (AvgIpc) is 2.86. The van der Waals surface area contributed by atoms with Gasteiger partial charge in [-0.3, -0.25) is 0 Å². The highest BCUT2D eigenvalue weighted by atomic mass is 32.2. The van der Waals surface area contributed by atoms with Gasteiger partial charge < -0.3 is 5.32 Å². The van der Waals surface area contributed by atoms with Crippen LogP contribution in [0, 0.1) is 6.92 Å². The molecule has 1 heterocycles. The minimum Gasteiger partial charge on any atom is -0.307 e. The number of nitrogens with one attached hydrogen (secondary N) is 1. The first kappa shape index (κ1) is 15.4. The van der Waals surface area contributed by atoms with Crippen LogP contribution in [0.5, 0.6) is 0 Å². The van der Waals surface area contributed by atoms with Gasteiger partial charge in [0.1, 0.15) is 0 Å². The quantitative estimate of drug-likeness (QED) is 0.794. The molecule has 2 aromatic rings. The van der Waals surface area contributed by atoms with Gasteiger partial charge in [-0.05, 0) is 62.8 Å². The van der Waals surface area contributed by atoms with Crippen molar-refractivity contribution in [1.82, 2.24) is 5.32 Å². The summed E-state index contributed by atoms with van der Waals surface area (Å²) in [6.45, 7) is 4.61. The lowest BCUT2D eigenvalue weighted by atomic mass is 9.94. The summed E-state index contributed by atoms with van der Waals surface area (Å²) in [5.74, 6) is 0. The Labute approximate surface area is 136 Å². The van der Waals surface area contributed by atoms with Gasteiger partial charge in [0, 0.05) is 26.9 Å². The van der Waals surface area contributed by atoms with Crippen LogP contribution in [0.25, 0.3) is 10.1 Å². The fourth-order valence-corrected chi connectivity index (χ4v) is 5.47. The monoisotopic (exact) mass is 319 g/mol. The zero-order chi connectivity index (χ0) is 14.8. The van der Waals surface area contributed by atoms with E-state index in [0.29, 0.717) is 12.1 Å². The second kappa shape index (κ2) is 6.72. The van der Waals surface area contributed by atoms with Crippen molar-refractivity contribution < 1.29 is 0 Å². The predicted molar refractivity (Wildman–Crippen MR) is 97.7 cm³/mol. The predicted octanol–water partition coefficient (Wildman–Crippen LogP) is 5.53. The highest BCUT2D eigenvalue weighted by Crippen LogP contribution is 2.35. The molecule has 1 aromatic heterocycles. The second-order valence-corrected chi connectivity index (χ2v) is 8.41. The molecule has 0 spiro atoms. The van der Waals surface area contributed by atoms with E-state index in [9.17, 15) is 0 Å². The lowest BCUT2D eigenvalue weighted by Crippen LogP contribution is -2.35. The van der Waals surface area contributed by atoms with Crippen LogP contribution in [-0.2, 0) is 0 Å². The standard InChI is InChI=1S/C18H25NS2/c1-12-16-6-4-5-7-17(16)21-18(12)13(2)19-14-8-10-15(20-3)11-9-14/h4-7,13-15,19H,8-11H2,1-3H3. The van der Waals surface area contributed by atoms with Crippen LogP contribution in [0.15, 0.2) is 24.3 Å². The molecule has 3 heteroatoms. The molecule has 1 N–H and O–H groups in total. The van der Waals surface area contributed by atoms with E-state index in [0.717, 1.165) is 5.25 Å². The maximum Gasteiger partial charge on any atom is 0.0391 e. The Morgan fingerprint density at radius 2 is 1.90 bits per heavy atom. The van der Waals surface area contributed by atoms with E-state index < -0.39 is 0 Å². The van der Waals surface area contributed by atoms with E-state index in [2.05, 4.69) is 49.7 Å². The van der Waals surface area contributed by atoms with E-state index in [-0.39, 0.29) is 0 Å². The Morgan fingerprint density at radius 1 is 1.19 bits per heavy atom. The highest BCUT2D eigenvalue weighted by molar-refractivity contribution is 7.99. The van der Waals surface area contributed by atoms with Gasteiger partial charge in [0.15, 0.2) is 0 Å². The molecule has 0 saturated heterocycles. The normalized spacial score (nSPS) is 24.3.